The predicted molar refractivity (Wildman–Crippen MR) is 96.8 cm³/mol. The van der Waals surface area contributed by atoms with Crippen LogP contribution in [0.4, 0.5) is 18.9 Å². The van der Waals surface area contributed by atoms with E-state index >= 15 is 0 Å². The van der Waals surface area contributed by atoms with E-state index in [2.05, 4.69) is 10.4 Å². The van der Waals surface area contributed by atoms with Crippen LogP contribution in [0.15, 0.2) is 29.3 Å². The Balaban J connectivity index is 2.39. The minimum Gasteiger partial charge on any atom is -0.378 e. The summed E-state index contributed by atoms with van der Waals surface area (Å²) < 4.78 is 64.4. The summed E-state index contributed by atoms with van der Waals surface area (Å²) in [5, 5.41) is 12.3. The second-order valence-corrected chi connectivity index (χ2v) is 8.93. The van der Waals surface area contributed by atoms with Crippen LogP contribution in [-0.4, -0.2) is 18.2 Å². The van der Waals surface area contributed by atoms with E-state index in [0.717, 1.165) is 23.4 Å². The number of anilines is 1. The Bertz CT molecular complexity index is 944. The summed E-state index contributed by atoms with van der Waals surface area (Å²) in [6.07, 6.45) is -3.01. The first-order valence-electron chi connectivity index (χ1n) is 8.18. The molecular weight excluding hydrogens is 381 g/mol. The van der Waals surface area contributed by atoms with Crippen molar-refractivity contribution in [1.29, 1.82) is 0 Å². The number of primary sulfonamides is 1. The summed E-state index contributed by atoms with van der Waals surface area (Å²) in [5.74, 6) is 0. The summed E-state index contributed by atoms with van der Waals surface area (Å²) in [6, 6.07) is 2.52. The molecule has 2 aromatic rings. The number of hydrogen-bond donors (Lipinski definition) is 2. The normalized spacial score (nSPS) is 14.3. The van der Waals surface area contributed by atoms with Crippen molar-refractivity contribution >= 4 is 15.7 Å². The molecule has 1 aromatic carbocycles. The van der Waals surface area contributed by atoms with Gasteiger partial charge in [0.2, 0.25) is 10.0 Å². The quantitative estimate of drug-likeness (QED) is 0.811. The Kier molecular flexibility index (Phi) is 5.37. The van der Waals surface area contributed by atoms with Crippen LogP contribution in [0.3, 0.4) is 0 Å². The molecule has 10 heteroatoms. The van der Waals surface area contributed by atoms with Gasteiger partial charge in [0.1, 0.15) is 0 Å². The van der Waals surface area contributed by atoms with E-state index in [0.29, 0.717) is 0 Å². The highest BCUT2D eigenvalue weighted by Crippen LogP contribution is 2.36. The van der Waals surface area contributed by atoms with Gasteiger partial charge in [-0.15, -0.1) is 0 Å². The molecule has 1 atom stereocenters. The summed E-state index contributed by atoms with van der Waals surface area (Å²) in [5.41, 5.74) is 0.175. The maximum atomic E-state index is 13.3. The number of alkyl halides is 3. The number of aryl methyl sites for hydroxylation is 1. The first-order chi connectivity index (χ1) is 12.1. The molecule has 0 aliphatic heterocycles. The lowest BCUT2D eigenvalue weighted by molar-refractivity contribution is -0.139. The van der Waals surface area contributed by atoms with Gasteiger partial charge in [0.05, 0.1) is 27.7 Å². The summed E-state index contributed by atoms with van der Waals surface area (Å²) in [4.78, 5) is -0.954. The van der Waals surface area contributed by atoms with Crippen molar-refractivity contribution in [1.82, 2.24) is 9.78 Å². The van der Waals surface area contributed by atoms with Crippen molar-refractivity contribution in [3.8, 4) is 0 Å². The molecule has 1 aromatic heterocycles. The van der Waals surface area contributed by atoms with Gasteiger partial charge in [0, 0.05) is 17.4 Å². The second-order valence-electron chi connectivity index (χ2n) is 7.40. The van der Waals surface area contributed by atoms with E-state index < -0.39 is 26.7 Å². The molecule has 0 bridgehead atoms. The highest BCUT2D eigenvalue weighted by molar-refractivity contribution is 7.89. The number of aromatic nitrogens is 2. The molecule has 2 rings (SSSR count). The SMILES string of the molecule is Cc1nn(C(C)(C)C)cc1C(C)Nc1ccc(S(N)(=O)=O)c(C(F)(F)F)c1. The van der Waals surface area contributed by atoms with Crippen molar-refractivity contribution in [3.63, 3.8) is 0 Å². The Morgan fingerprint density at radius 1 is 1.22 bits per heavy atom. The fourth-order valence-corrected chi connectivity index (χ4v) is 3.40. The van der Waals surface area contributed by atoms with E-state index in [1.165, 1.54) is 6.07 Å². The zero-order chi connectivity index (χ0) is 20.8. The van der Waals surface area contributed by atoms with Crippen LogP contribution in [0.25, 0.3) is 0 Å². The molecule has 0 aliphatic carbocycles. The molecule has 0 saturated carbocycles. The zero-order valence-electron chi connectivity index (χ0n) is 15.7. The van der Waals surface area contributed by atoms with Crippen LogP contribution >= 0.6 is 0 Å². The molecule has 27 heavy (non-hydrogen) atoms. The number of sulfonamides is 1. The van der Waals surface area contributed by atoms with Gasteiger partial charge in [-0.1, -0.05) is 0 Å². The van der Waals surface area contributed by atoms with Crippen molar-refractivity contribution < 1.29 is 21.6 Å². The molecule has 0 spiro atoms. The number of benzene rings is 1. The fraction of sp³-hybridized carbons (Fsp3) is 0.471. The van der Waals surface area contributed by atoms with Gasteiger partial charge in [0.15, 0.2) is 0 Å². The lowest BCUT2D eigenvalue weighted by atomic mass is 10.1. The largest absolute Gasteiger partial charge is 0.417 e. The van der Waals surface area contributed by atoms with E-state index in [4.69, 9.17) is 5.14 Å². The molecule has 0 radical (unpaired) electrons. The third-order valence-corrected chi connectivity index (χ3v) is 5.03. The molecule has 1 unspecified atom stereocenters. The molecule has 0 aliphatic rings. The summed E-state index contributed by atoms with van der Waals surface area (Å²) in [7, 11) is -4.49. The third kappa shape index (κ3) is 4.81. The molecule has 150 valence electrons. The number of rotatable bonds is 4. The van der Waals surface area contributed by atoms with Crippen LogP contribution < -0.4 is 10.5 Å². The lowest BCUT2D eigenvalue weighted by Crippen LogP contribution is -2.22. The van der Waals surface area contributed by atoms with Crippen LogP contribution in [0.2, 0.25) is 0 Å². The zero-order valence-corrected chi connectivity index (χ0v) is 16.5. The van der Waals surface area contributed by atoms with Crippen molar-refractivity contribution in [2.24, 2.45) is 5.14 Å². The van der Waals surface area contributed by atoms with E-state index in [9.17, 15) is 21.6 Å². The fourth-order valence-electron chi connectivity index (χ4n) is 2.66. The van der Waals surface area contributed by atoms with Crippen LogP contribution in [0.5, 0.6) is 0 Å². The van der Waals surface area contributed by atoms with Crippen molar-refractivity contribution in [2.75, 3.05) is 5.32 Å². The maximum absolute atomic E-state index is 13.3. The summed E-state index contributed by atoms with van der Waals surface area (Å²) >= 11 is 0. The average Bonchev–Trinajstić information content (AvgIpc) is 2.87. The second kappa shape index (κ2) is 6.83. The highest BCUT2D eigenvalue weighted by atomic mass is 32.2. The molecule has 0 fully saturated rings. The molecular formula is C17H23F3N4O2S. The van der Waals surface area contributed by atoms with Crippen LogP contribution in [-0.2, 0) is 21.7 Å². The minimum absolute atomic E-state index is 0.130. The predicted octanol–water partition coefficient (Wildman–Crippen LogP) is 3.79. The Labute approximate surface area is 156 Å². The van der Waals surface area contributed by atoms with Gasteiger partial charge in [-0.3, -0.25) is 4.68 Å². The van der Waals surface area contributed by atoms with Gasteiger partial charge in [-0.05, 0) is 52.8 Å². The Hall–Kier alpha value is -2.07. The minimum atomic E-state index is -4.85. The monoisotopic (exact) mass is 404 g/mol. The Morgan fingerprint density at radius 3 is 2.26 bits per heavy atom. The van der Waals surface area contributed by atoms with Gasteiger partial charge in [-0.25, -0.2) is 13.6 Å². The first kappa shape index (κ1) is 21.2. The number of hydrogen-bond acceptors (Lipinski definition) is 4. The van der Waals surface area contributed by atoms with Gasteiger partial charge >= 0.3 is 6.18 Å². The van der Waals surface area contributed by atoms with E-state index in [-0.39, 0.29) is 17.3 Å². The van der Waals surface area contributed by atoms with Gasteiger partial charge < -0.3 is 5.32 Å². The number of nitrogens with two attached hydrogens (primary N) is 1. The van der Waals surface area contributed by atoms with E-state index in [1.54, 1.807) is 11.6 Å². The molecule has 1 heterocycles. The van der Waals surface area contributed by atoms with Gasteiger partial charge in [-0.2, -0.15) is 18.3 Å². The number of nitrogens with one attached hydrogen (secondary N) is 1. The Morgan fingerprint density at radius 2 is 1.81 bits per heavy atom. The smallest absolute Gasteiger partial charge is 0.378 e. The topological polar surface area (TPSA) is 90.0 Å². The average molecular weight is 404 g/mol. The van der Waals surface area contributed by atoms with Crippen molar-refractivity contribution in [2.45, 2.75) is 57.3 Å². The standard InChI is InChI=1S/C17H23F3N4O2S/c1-10(13-9-24(16(3,4)5)23-11(13)2)22-12-6-7-15(27(21,25)26)14(8-12)17(18,19)20/h6-10,22H,1-5H3,(H2,21,25,26). The lowest BCUT2D eigenvalue weighted by Gasteiger charge is -2.19. The van der Waals surface area contributed by atoms with Crippen molar-refractivity contribution in [3.05, 3.63) is 41.2 Å². The molecule has 0 amide bonds. The van der Waals surface area contributed by atoms with Crippen LogP contribution in [0, 0.1) is 6.92 Å². The van der Waals surface area contributed by atoms with E-state index in [1.807, 2.05) is 33.9 Å². The van der Waals surface area contributed by atoms with Gasteiger partial charge in [0.25, 0.3) is 0 Å². The molecule has 0 saturated heterocycles. The number of nitrogens with zero attached hydrogens (tertiary/aromatic N) is 2. The first-order valence-corrected chi connectivity index (χ1v) is 9.72. The maximum Gasteiger partial charge on any atom is 0.417 e. The molecule has 6 nitrogen and oxygen atoms in total. The molecule has 3 N–H and O–H groups in total. The number of halogens is 3. The van der Waals surface area contributed by atoms with Crippen LogP contribution in [0.1, 0.15) is 50.6 Å². The summed E-state index contributed by atoms with van der Waals surface area (Å²) in [6.45, 7) is 9.58. The highest BCUT2D eigenvalue weighted by Gasteiger charge is 2.36. The third-order valence-electron chi connectivity index (χ3n) is 4.07.